The Hall–Kier alpha value is -1.88. The minimum absolute atomic E-state index is 0.210. The fourth-order valence-corrected chi connectivity index (χ4v) is 1.97. The van der Waals surface area contributed by atoms with E-state index in [1.165, 1.54) is 17.4 Å². The first-order valence-electron chi connectivity index (χ1n) is 5.25. The summed E-state index contributed by atoms with van der Waals surface area (Å²) in [6.45, 7) is 2.05. The van der Waals surface area contributed by atoms with Gasteiger partial charge in [0.1, 0.15) is 5.76 Å². The topological polar surface area (TPSA) is 55.1 Å². The normalized spacial score (nSPS) is 10.9. The molecule has 1 amide bonds. The lowest BCUT2D eigenvalue weighted by Crippen LogP contribution is -2.06. The highest BCUT2D eigenvalue weighted by atomic mass is 32.1. The SMILES string of the molecule is CCc1cnc(NC(=O)C=Cc2ccco2)s1. The second-order valence-corrected chi connectivity index (χ2v) is 4.44. The van der Waals surface area contributed by atoms with E-state index in [4.69, 9.17) is 4.42 Å². The predicted octanol–water partition coefficient (Wildman–Crippen LogP) is 2.95. The average molecular weight is 248 g/mol. The average Bonchev–Trinajstić information content (AvgIpc) is 2.97. The Kier molecular flexibility index (Phi) is 3.72. The van der Waals surface area contributed by atoms with Crippen molar-refractivity contribution in [1.29, 1.82) is 0 Å². The number of aryl methyl sites for hydroxylation is 1. The number of furan rings is 1. The van der Waals surface area contributed by atoms with Gasteiger partial charge in [-0.2, -0.15) is 0 Å². The van der Waals surface area contributed by atoms with Crippen molar-refractivity contribution in [3.63, 3.8) is 0 Å². The minimum atomic E-state index is -0.210. The molecule has 4 nitrogen and oxygen atoms in total. The Morgan fingerprint density at radius 2 is 2.53 bits per heavy atom. The molecule has 0 aromatic carbocycles. The van der Waals surface area contributed by atoms with Gasteiger partial charge in [0.05, 0.1) is 6.26 Å². The molecule has 0 saturated carbocycles. The first-order valence-corrected chi connectivity index (χ1v) is 6.07. The first kappa shape index (κ1) is 11.6. The Bertz CT molecular complexity index is 514. The van der Waals surface area contributed by atoms with Crippen molar-refractivity contribution in [1.82, 2.24) is 4.98 Å². The predicted molar refractivity (Wildman–Crippen MR) is 67.9 cm³/mol. The fourth-order valence-electron chi connectivity index (χ4n) is 1.22. The van der Waals surface area contributed by atoms with E-state index in [0.29, 0.717) is 10.9 Å². The monoisotopic (exact) mass is 248 g/mol. The molecular formula is C12H12N2O2S. The molecule has 0 atom stereocenters. The Balaban J connectivity index is 1.93. The van der Waals surface area contributed by atoms with E-state index in [2.05, 4.69) is 17.2 Å². The molecule has 2 aromatic rings. The summed E-state index contributed by atoms with van der Waals surface area (Å²) in [5, 5.41) is 3.32. The molecule has 2 heterocycles. The summed E-state index contributed by atoms with van der Waals surface area (Å²) < 4.78 is 5.08. The summed E-state index contributed by atoms with van der Waals surface area (Å²) in [6.07, 6.45) is 7.30. The van der Waals surface area contributed by atoms with E-state index in [1.807, 2.05) is 0 Å². The molecule has 0 aliphatic rings. The van der Waals surface area contributed by atoms with Gasteiger partial charge in [-0.05, 0) is 24.6 Å². The molecule has 0 bridgehead atoms. The second kappa shape index (κ2) is 5.45. The summed E-state index contributed by atoms with van der Waals surface area (Å²) in [7, 11) is 0. The van der Waals surface area contributed by atoms with Crippen molar-refractivity contribution < 1.29 is 9.21 Å². The molecule has 1 N–H and O–H groups in total. The maximum atomic E-state index is 11.5. The summed E-state index contributed by atoms with van der Waals surface area (Å²) in [4.78, 5) is 16.8. The third kappa shape index (κ3) is 3.29. The molecule has 17 heavy (non-hydrogen) atoms. The number of carbonyl (C=O) groups is 1. The summed E-state index contributed by atoms with van der Waals surface area (Å²) in [5.41, 5.74) is 0. The summed E-state index contributed by atoms with van der Waals surface area (Å²) in [5.74, 6) is 0.437. The summed E-state index contributed by atoms with van der Waals surface area (Å²) in [6, 6.07) is 3.55. The molecule has 0 spiro atoms. The number of hydrogen-bond acceptors (Lipinski definition) is 4. The molecule has 88 valence electrons. The number of nitrogens with one attached hydrogen (secondary N) is 1. The molecule has 0 aliphatic carbocycles. The third-order valence-corrected chi connectivity index (χ3v) is 3.13. The molecule has 0 aliphatic heterocycles. The summed E-state index contributed by atoms with van der Waals surface area (Å²) >= 11 is 1.48. The van der Waals surface area contributed by atoms with E-state index >= 15 is 0 Å². The highest BCUT2D eigenvalue weighted by molar-refractivity contribution is 7.15. The Morgan fingerprint density at radius 3 is 3.18 bits per heavy atom. The van der Waals surface area contributed by atoms with E-state index in [9.17, 15) is 4.79 Å². The van der Waals surface area contributed by atoms with Crippen LogP contribution in [0.5, 0.6) is 0 Å². The minimum Gasteiger partial charge on any atom is -0.465 e. The van der Waals surface area contributed by atoms with Crippen molar-refractivity contribution in [3.8, 4) is 0 Å². The molecule has 2 aromatic heterocycles. The molecule has 0 fully saturated rings. The Labute approximate surface area is 103 Å². The third-order valence-electron chi connectivity index (χ3n) is 2.07. The van der Waals surface area contributed by atoms with Gasteiger partial charge < -0.3 is 4.42 Å². The van der Waals surface area contributed by atoms with Gasteiger partial charge in [0.25, 0.3) is 0 Å². The van der Waals surface area contributed by atoms with Crippen LogP contribution in [0.1, 0.15) is 17.6 Å². The van der Waals surface area contributed by atoms with Crippen LogP contribution in [0.4, 0.5) is 5.13 Å². The van der Waals surface area contributed by atoms with Crippen LogP contribution in [0.3, 0.4) is 0 Å². The molecule has 0 unspecified atom stereocenters. The van der Waals surface area contributed by atoms with Crippen LogP contribution in [-0.4, -0.2) is 10.9 Å². The van der Waals surface area contributed by atoms with Crippen molar-refractivity contribution >= 4 is 28.5 Å². The van der Waals surface area contributed by atoms with Crippen LogP contribution < -0.4 is 5.32 Å². The zero-order valence-corrected chi connectivity index (χ0v) is 10.2. The number of rotatable bonds is 4. The molecule has 2 rings (SSSR count). The molecule has 0 radical (unpaired) electrons. The fraction of sp³-hybridized carbons (Fsp3) is 0.167. The zero-order valence-electron chi connectivity index (χ0n) is 9.34. The smallest absolute Gasteiger partial charge is 0.250 e. The molecule has 0 saturated heterocycles. The number of nitrogens with zero attached hydrogens (tertiary/aromatic N) is 1. The van der Waals surface area contributed by atoms with Gasteiger partial charge in [-0.3, -0.25) is 10.1 Å². The van der Waals surface area contributed by atoms with Crippen LogP contribution in [-0.2, 0) is 11.2 Å². The lowest BCUT2D eigenvalue weighted by atomic mass is 10.4. The van der Waals surface area contributed by atoms with Crippen LogP contribution in [0.2, 0.25) is 0 Å². The maximum Gasteiger partial charge on any atom is 0.250 e. The zero-order chi connectivity index (χ0) is 12.1. The quantitative estimate of drug-likeness (QED) is 0.846. The number of hydrogen-bond donors (Lipinski definition) is 1. The largest absolute Gasteiger partial charge is 0.465 e. The van der Waals surface area contributed by atoms with E-state index in [0.717, 1.165) is 11.3 Å². The van der Waals surface area contributed by atoms with Crippen molar-refractivity contribution in [2.45, 2.75) is 13.3 Å². The highest BCUT2D eigenvalue weighted by Gasteiger charge is 2.03. The lowest BCUT2D eigenvalue weighted by molar-refractivity contribution is -0.111. The van der Waals surface area contributed by atoms with Gasteiger partial charge in [0.2, 0.25) is 5.91 Å². The number of amides is 1. The standard InChI is InChI=1S/C12H12N2O2S/c1-2-10-8-13-12(17-10)14-11(15)6-5-9-4-3-7-16-9/h3-8H,2H2,1H3,(H,13,14,15). The Morgan fingerprint density at radius 1 is 1.65 bits per heavy atom. The lowest BCUT2D eigenvalue weighted by Gasteiger charge is -1.94. The van der Waals surface area contributed by atoms with Gasteiger partial charge in [0.15, 0.2) is 5.13 Å². The number of carbonyl (C=O) groups excluding carboxylic acids is 1. The van der Waals surface area contributed by atoms with Gasteiger partial charge in [-0.15, -0.1) is 11.3 Å². The number of anilines is 1. The first-order chi connectivity index (χ1) is 8.28. The van der Waals surface area contributed by atoms with Gasteiger partial charge in [0, 0.05) is 17.2 Å². The van der Waals surface area contributed by atoms with Gasteiger partial charge in [-0.1, -0.05) is 6.92 Å². The molecule has 5 heteroatoms. The number of thiazole rings is 1. The van der Waals surface area contributed by atoms with Crippen molar-refractivity contribution in [2.75, 3.05) is 5.32 Å². The van der Waals surface area contributed by atoms with Gasteiger partial charge in [-0.25, -0.2) is 4.98 Å². The van der Waals surface area contributed by atoms with Crippen molar-refractivity contribution in [3.05, 3.63) is 41.3 Å². The van der Waals surface area contributed by atoms with E-state index in [-0.39, 0.29) is 5.91 Å². The molecular weight excluding hydrogens is 236 g/mol. The second-order valence-electron chi connectivity index (χ2n) is 3.32. The number of aromatic nitrogens is 1. The van der Waals surface area contributed by atoms with Crippen LogP contribution >= 0.6 is 11.3 Å². The maximum absolute atomic E-state index is 11.5. The van der Waals surface area contributed by atoms with E-state index in [1.54, 1.807) is 30.7 Å². The van der Waals surface area contributed by atoms with Gasteiger partial charge >= 0.3 is 0 Å². The van der Waals surface area contributed by atoms with Crippen LogP contribution in [0.15, 0.2) is 35.1 Å². The van der Waals surface area contributed by atoms with Crippen LogP contribution in [0, 0.1) is 0 Å². The van der Waals surface area contributed by atoms with Crippen molar-refractivity contribution in [2.24, 2.45) is 0 Å². The van der Waals surface area contributed by atoms with E-state index < -0.39 is 0 Å². The highest BCUT2D eigenvalue weighted by Crippen LogP contribution is 2.18. The van der Waals surface area contributed by atoms with Crippen LogP contribution in [0.25, 0.3) is 6.08 Å².